The third-order valence-electron chi connectivity index (χ3n) is 3.94. The predicted molar refractivity (Wildman–Crippen MR) is 109 cm³/mol. The second-order valence-electron chi connectivity index (χ2n) is 5.78. The lowest BCUT2D eigenvalue weighted by atomic mass is 10.1. The van der Waals surface area contributed by atoms with Crippen molar-refractivity contribution in [3.05, 3.63) is 71.1 Å². The number of benzene rings is 2. The number of hydrogen-bond donors (Lipinski definition) is 0. The van der Waals surface area contributed by atoms with Gasteiger partial charge in [-0.1, -0.05) is 55.2 Å². The number of alkyl halides is 2. The van der Waals surface area contributed by atoms with Crippen molar-refractivity contribution in [1.82, 2.24) is 5.16 Å². The normalized spacial score (nSPS) is 10.7. The molecule has 0 bridgehead atoms. The Bertz CT molecular complexity index is 847. The molecule has 26 heavy (non-hydrogen) atoms. The first-order chi connectivity index (χ1) is 12.7. The van der Waals surface area contributed by atoms with Gasteiger partial charge in [0.1, 0.15) is 11.5 Å². The molecule has 0 saturated heterocycles. The van der Waals surface area contributed by atoms with Gasteiger partial charge in [0, 0.05) is 23.1 Å². The van der Waals surface area contributed by atoms with E-state index in [-0.39, 0.29) is 0 Å². The first-order valence-electron chi connectivity index (χ1n) is 8.22. The van der Waals surface area contributed by atoms with Crippen LogP contribution in [0.1, 0.15) is 22.6 Å². The molecule has 1 aromatic heterocycles. The third-order valence-corrected chi connectivity index (χ3v) is 5.16. The van der Waals surface area contributed by atoms with E-state index in [1.165, 1.54) is 5.56 Å². The lowest BCUT2D eigenvalue weighted by molar-refractivity contribution is 0.376. The fourth-order valence-electron chi connectivity index (χ4n) is 2.53. The smallest absolute Gasteiger partial charge is 0.169 e. The van der Waals surface area contributed by atoms with E-state index in [0.717, 1.165) is 40.9 Å². The number of rotatable bonds is 8. The Morgan fingerprint density at radius 3 is 2.31 bits per heavy atom. The van der Waals surface area contributed by atoms with Crippen LogP contribution in [-0.4, -0.2) is 12.3 Å². The average molecular weight is 481 g/mol. The monoisotopic (exact) mass is 479 g/mol. The Labute approximate surface area is 169 Å². The summed E-state index contributed by atoms with van der Waals surface area (Å²) in [5.74, 6) is 3.07. The van der Waals surface area contributed by atoms with Crippen molar-refractivity contribution in [2.75, 3.05) is 7.11 Å². The van der Waals surface area contributed by atoms with Gasteiger partial charge in [-0.05, 0) is 41.8 Å². The summed E-state index contributed by atoms with van der Waals surface area (Å²) in [6.45, 7) is 0. The molecular formula is C20H19Br2NO3. The number of ether oxygens (including phenoxy) is 2. The van der Waals surface area contributed by atoms with Crippen molar-refractivity contribution in [1.29, 1.82) is 0 Å². The molecule has 4 nitrogen and oxygen atoms in total. The van der Waals surface area contributed by atoms with Crippen molar-refractivity contribution >= 4 is 31.9 Å². The van der Waals surface area contributed by atoms with E-state index in [4.69, 9.17) is 14.0 Å². The van der Waals surface area contributed by atoms with E-state index in [2.05, 4.69) is 37.0 Å². The molecule has 0 radical (unpaired) electrons. The zero-order valence-corrected chi connectivity index (χ0v) is 17.5. The molecule has 136 valence electrons. The molecule has 0 N–H and O–H groups in total. The van der Waals surface area contributed by atoms with Crippen LogP contribution in [0.5, 0.6) is 17.2 Å². The number of hydrogen-bond acceptors (Lipinski definition) is 4. The summed E-state index contributed by atoms with van der Waals surface area (Å²) < 4.78 is 16.8. The molecule has 0 aliphatic heterocycles. The Kier molecular flexibility index (Phi) is 6.74. The van der Waals surface area contributed by atoms with Gasteiger partial charge in [-0.25, -0.2) is 0 Å². The second-order valence-corrected chi connectivity index (χ2v) is 6.90. The van der Waals surface area contributed by atoms with Gasteiger partial charge in [0.2, 0.25) is 0 Å². The van der Waals surface area contributed by atoms with Gasteiger partial charge >= 0.3 is 0 Å². The highest BCUT2D eigenvalue weighted by Gasteiger charge is 2.09. The summed E-state index contributed by atoms with van der Waals surface area (Å²) in [5, 5.41) is 5.52. The van der Waals surface area contributed by atoms with E-state index < -0.39 is 0 Å². The largest absolute Gasteiger partial charge is 0.493 e. The van der Waals surface area contributed by atoms with Crippen LogP contribution in [0.3, 0.4) is 0 Å². The highest BCUT2D eigenvalue weighted by atomic mass is 79.9. The molecule has 0 atom stereocenters. The molecule has 0 fully saturated rings. The Balaban J connectivity index is 1.72. The number of halogens is 2. The van der Waals surface area contributed by atoms with Crippen molar-refractivity contribution in [3.8, 4) is 17.2 Å². The Hall–Kier alpha value is -1.79. The molecule has 1 heterocycles. The highest BCUT2D eigenvalue weighted by molar-refractivity contribution is 9.08. The van der Waals surface area contributed by atoms with Gasteiger partial charge in [0.05, 0.1) is 12.8 Å². The lowest BCUT2D eigenvalue weighted by Crippen LogP contribution is -1.95. The van der Waals surface area contributed by atoms with Gasteiger partial charge in [-0.15, -0.1) is 0 Å². The van der Waals surface area contributed by atoms with E-state index in [1.807, 2.05) is 48.5 Å². The van der Waals surface area contributed by atoms with Crippen LogP contribution in [0.2, 0.25) is 0 Å². The Morgan fingerprint density at radius 2 is 1.65 bits per heavy atom. The van der Waals surface area contributed by atoms with Crippen LogP contribution in [0.4, 0.5) is 0 Å². The van der Waals surface area contributed by atoms with Crippen LogP contribution in [0.15, 0.2) is 53.1 Å². The molecule has 3 rings (SSSR count). The van der Waals surface area contributed by atoms with Crippen molar-refractivity contribution in [2.45, 2.75) is 23.5 Å². The summed E-state index contributed by atoms with van der Waals surface area (Å²) in [5.41, 5.74) is 3.26. The topological polar surface area (TPSA) is 44.5 Å². The zero-order chi connectivity index (χ0) is 18.4. The number of aromatic nitrogens is 1. The Morgan fingerprint density at radius 1 is 0.885 bits per heavy atom. The second kappa shape index (κ2) is 9.24. The van der Waals surface area contributed by atoms with Crippen LogP contribution in [0, 0.1) is 0 Å². The first-order valence-corrected chi connectivity index (χ1v) is 10.5. The number of methoxy groups -OCH3 is 1. The van der Waals surface area contributed by atoms with Gasteiger partial charge in [-0.3, -0.25) is 0 Å². The maximum absolute atomic E-state index is 6.03. The van der Waals surface area contributed by atoms with Gasteiger partial charge in [0.25, 0.3) is 0 Å². The van der Waals surface area contributed by atoms with E-state index in [0.29, 0.717) is 16.8 Å². The molecule has 3 aromatic rings. The molecule has 2 aromatic carbocycles. The minimum Gasteiger partial charge on any atom is -0.493 e. The maximum Gasteiger partial charge on any atom is 0.169 e. The lowest BCUT2D eigenvalue weighted by Gasteiger charge is -2.12. The predicted octanol–water partition coefficient (Wildman–Crippen LogP) is 6.05. The zero-order valence-electron chi connectivity index (χ0n) is 14.4. The van der Waals surface area contributed by atoms with Gasteiger partial charge in [0.15, 0.2) is 11.5 Å². The van der Waals surface area contributed by atoms with Crippen LogP contribution in [-0.2, 0) is 23.5 Å². The molecule has 0 spiro atoms. The SMILES string of the molecule is COc1ccc(CCc2cc(CBr)no2)cc1Oc1ccc(CBr)cc1. The number of aryl methyl sites for hydroxylation is 2. The minimum absolute atomic E-state index is 0.699. The molecule has 0 amide bonds. The van der Waals surface area contributed by atoms with Crippen molar-refractivity contribution in [2.24, 2.45) is 0 Å². The maximum atomic E-state index is 6.03. The highest BCUT2D eigenvalue weighted by Crippen LogP contribution is 2.33. The van der Waals surface area contributed by atoms with Gasteiger partial charge < -0.3 is 14.0 Å². The van der Waals surface area contributed by atoms with E-state index in [1.54, 1.807) is 7.11 Å². The average Bonchev–Trinajstić information content (AvgIpc) is 3.15. The summed E-state index contributed by atoms with van der Waals surface area (Å²) >= 11 is 6.83. The minimum atomic E-state index is 0.699. The van der Waals surface area contributed by atoms with Crippen LogP contribution < -0.4 is 9.47 Å². The standard InChI is InChI=1S/C20H19Br2NO3/c1-24-19-9-5-14(2-8-18-11-16(13-22)23-26-18)10-20(19)25-17-6-3-15(12-21)4-7-17/h3-7,9-11H,2,8,12-13H2,1H3. The summed E-state index contributed by atoms with van der Waals surface area (Å²) in [4.78, 5) is 0. The summed E-state index contributed by atoms with van der Waals surface area (Å²) in [6.07, 6.45) is 1.62. The van der Waals surface area contributed by atoms with Crippen molar-refractivity contribution in [3.63, 3.8) is 0 Å². The van der Waals surface area contributed by atoms with Gasteiger partial charge in [-0.2, -0.15) is 0 Å². The number of nitrogens with zero attached hydrogens (tertiary/aromatic N) is 1. The molecule has 0 saturated carbocycles. The first kappa shape index (κ1) is 19.0. The van der Waals surface area contributed by atoms with Crippen LogP contribution >= 0.6 is 31.9 Å². The van der Waals surface area contributed by atoms with E-state index in [9.17, 15) is 0 Å². The third kappa shape index (κ3) is 4.89. The fraction of sp³-hybridized carbons (Fsp3) is 0.250. The fourth-order valence-corrected chi connectivity index (χ4v) is 3.17. The van der Waals surface area contributed by atoms with Crippen LogP contribution in [0.25, 0.3) is 0 Å². The molecule has 6 heteroatoms. The molecule has 0 unspecified atom stereocenters. The van der Waals surface area contributed by atoms with E-state index >= 15 is 0 Å². The molecule has 0 aliphatic rings. The van der Waals surface area contributed by atoms with Crippen molar-refractivity contribution < 1.29 is 14.0 Å². The summed E-state index contributed by atoms with van der Waals surface area (Å²) in [7, 11) is 1.64. The molecular weight excluding hydrogens is 462 g/mol. The summed E-state index contributed by atoms with van der Waals surface area (Å²) in [6, 6.07) is 15.9. The molecule has 0 aliphatic carbocycles. The quantitative estimate of drug-likeness (QED) is 0.368.